The number of hydrogen-bond acceptors (Lipinski definition) is 6. The molecule has 0 unspecified atom stereocenters. The van der Waals surface area contributed by atoms with E-state index in [0.717, 1.165) is 0 Å². The van der Waals surface area contributed by atoms with Crippen molar-refractivity contribution in [1.29, 1.82) is 0 Å². The van der Waals surface area contributed by atoms with Gasteiger partial charge in [0.1, 0.15) is 0 Å². The molecule has 0 aliphatic rings. The van der Waals surface area contributed by atoms with E-state index >= 15 is 0 Å². The van der Waals surface area contributed by atoms with Crippen LogP contribution in [0.4, 0.5) is 6.01 Å². The number of benzene rings is 2. The van der Waals surface area contributed by atoms with Crippen LogP contribution in [0.25, 0.3) is 11.5 Å². The number of nitrogens with one attached hydrogen (secondary N) is 1. The predicted octanol–water partition coefficient (Wildman–Crippen LogP) is 4.48. The summed E-state index contributed by atoms with van der Waals surface area (Å²) in [6.45, 7) is 3.23. The lowest BCUT2D eigenvalue weighted by Crippen LogP contribution is -2.13. The molecule has 0 aliphatic heterocycles. The summed E-state index contributed by atoms with van der Waals surface area (Å²) < 4.78 is 29.8. The van der Waals surface area contributed by atoms with Crippen LogP contribution >= 0.6 is 23.2 Å². The van der Waals surface area contributed by atoms with Crippen molar-refractivity contribution in [2.45, 2.75) is 24.0 Å². The molecule has 1 N–H and O–H groups in total. The van der Waals surface area contributed by atoms with E-state index in [1.807, 2.05) is 0 Å². The second kappa shape index (κ2) is 7.90. The molecule has 10 heteroatoms. The Morgan fingerprint density at radius 3 is 2.39 bits per heavy atom. The molecule has 0 bridgehead atoms. The van der Waals surface area contributed by atoms with Gasteiger partial charge in [0, 0.05) is 10.6 Å². The highest BCUT2D eigenvalue weighted by Crippen LogP contribution is 2.25. The molecule has 7 nitrogen and oxygen atoms in total. The lowest BCUT2D eigenvalue weighted by Gasteiger charge is -2.07. The second-order valence-electron chi connectivity index (χ2n) is 6.11. The zero-order chi connectivity index (χ0) is 20.5. The van der Waals surface area contributed by atoms with Crippen LogP contribution in [0.15, 0.2) is 51.8 Å². The van der Waals surface area contributed by atoms with Crippen LogP contribution < -0.4 is 5.32 Å². The maximum atomic E-state index is 12.3. The van der Waals surface area contributed by atoms with Crippen molar-refractivity contribution in [2.75, 3.05) is 5.32 Å². The van der Waals surface area contributed by atoms with Gasteiger partial charge in [0.15, 0.2) is 9.84 Å². The molecule has 1 amide bonds. The normalized spacial score (nSPS) is 11.6. The average molecular weight is 440 g/mol. The van der Waals surface area contributed by atoms with Gasteiger partial charge in [-0.1, -0.05) is 28.3 Å². The fourth-order valence-corrected chi connectivity index (χ4v) is 3.72. The maximum absolute atomic E-state index is 12.3. The summed E-state index contributed by atoms with van der Waals surface area (Å²) in [5, 5.41) is 10.1. The van der Waals surface area contributed by atoms with Gasteiger partial charge in [0.2, 0.25) is 5.89 Å². The van der Waals surface area contributed by atoms with Crippen LogP contribution in [-0.2, 0) is 9.84 Å². The molecule has 28 heavy (non-hydrogen) atoms. The van der Waals surface area contributed by atoms with Crippen molar-refractivity contribution in [2.24, 2.45) is 0 Å². The summed E-state index contributed by atoms with van der Waals surface area (Å²) in [6.07, 6.45) is 0. The van der Waals surface area contributed by atoms with Crippen molar-refractivity contribution in [3.63, 3.8) is 0 Å². The highest BCUT2D eigenvalue weighted by Gasteiger charge is 2.20. The minimum atomic E-state index is -3.37. The molecule has 0 saturated carbocycles. The lowest BCUT2D eigenvalue weighted by molar-refractivity contribution is 0.102. The minimum absolute atomic E-state index is 0.126. The molecule has 0 saturated heterocycles. The number of rotatable bonds is 5. The van der Waals surface area contributed by atoms with Gasteiger partial charge >= 0.3 is 6.01 Å². The largest absolute Gasteiger partial charge is 0.403 e. The van der Waals surface area contributed by atoms with Crippen LogP contribution in [0.3, 0.4) is 0 Å². The van der Waals surface area contributed by atoms with E-state index < -0.39 is 21.0 Å². The summed E-state index contributed by atoms with van der Waals surface area (Å²) in [7, 11) is -3.37. The van der Waals surface area contributed by atoms with E-state index in [9.17, 15) is 13.2 Å². The Bertz CT molecular complexity index is 1130. The molecule has 0 fully saturated rings. The lowest BCUT2D eigenvalue weighted by atomic mass is 10.2. The molecule has 0 atom stereocenters. The van der Waals surface area contributed by atoms with Gasteiger partial charge in [-0.15, -0.1) is 5.10 Å². The Balaban J connectivity index is 1.79. The summed E-state index contributed by atoms with van der Waals surface area (Å²) >= 11 is 11.9. The van der Waals surface area contributed by atoms with Gasteiger partial charge in [-0.2, -0.15) is 0 Å². The van der Waals surface area contributed by atoms with E-state index in [1.54, 1.807) is 32.0 Å². The molecule has 0 radical (unpaired) electrons. The number of carbonyl (C=O) groups is 1. The predicted molar refractivity (Wildman–Crippen MR) is 106 cm³/mol. The molecule has 146 valence electrons. The van der Waals surface area contributed by atoms with E-state index in [1.165, 1.54) is 24.3 Å². The zero-order valence-corrected chi connectivity index (χ0v) is 17.1. The highest BCUT2D eigenvalue weighted by molar-refractivity contribution is 7.92. The second-order valence-corrected chi connectivity index (χ2v) is 9.46. The Kier molecular flexibility index (Phi) is 5.74. The number of nitrogens with zero attached hydrogens (tertiary/aromatic N) is 2. The fraction of sp³-hybridized carbons (Fsp3) is 0.167. The van der Waals surface area contributed by atoms with Gasteiger partial charge in [0.05, 0.1) is 20.7 Å². The van der Waals surface area contributed by atoms with Gasteiger partial charge in [0.25, 0.3) is 5.91 Å². The Morgan fingerprint density at radius 2 is 1.75 bits per heavy atom. The summed E-state index contributed by atoms with van der Waals surface area (Å²) in [4.78, 5) is 12.5. The van der Waals surface area contributed by atoms with Crippen LogP contribution in [0.5, 0.6) is 0 Å². The Labute approximate surface area is 171 Å². The van der Waals surface area contributed by atoms with E-state index in [-0.39, 0.29) is 27.4 Å². The van der Waals surface area contributed by atoms with E-state index in [0.29, 0.717) is 10.6 Å². The summed E-state index contributed by atoms with van der Waals surface area (Å²) in [6, 6.07) is 10.4. The molecule has 0 spiro atoms. The van der Waals surface area contributed by atoms with Crippen LogP contribution in [0, 0.1) is 0 Å². The maximum Gasteiger partial charge on any atom is 0.322 e. The summed E-state index contributed by atoms with van der Waals surface area (Å²) in [5.41, 5.74) is 0.675. The molecule has 1 heterocycles. The number of anilines is 1. The molecule has 3 aromatic rings. The molecular weight excluding hydrogens is 425 g/mol. The zero-order valence-electron chi connectivity index (χ0n) is 14.8. The van der Waals surface area contributed by atoms with Gasteiger partial charge < -0.3 is 4.42 Å². The third-order valence-electron chi connectivity index (χ3n) is 3.87. The molecule has 1 aromatic heterocycles. The molecule has 0 aliphatic carbocycles. The average Bonchev–Trinajstić information content (AvgIpc) is 3.12. The Hall–Kier alpha value is -2.42. The number of aromatic nitrogens is 2. The topological polar surface area (TPSA) is 102 Å². The third-order valence-corrected chi connectivity index (χ3v) is 6.60. The van der Waals surface area contributed by atoms with Crippen molar-refractivity contribution in [3.05, 3.63) is 58.1 Å². The monoisotopic (exact) mass is 439 g/mol. The van der Waals surface area contributed by atoms with Crippen molar-refractivity contribution in [1.82, 2.24) is 10.2 Å². The van der Waals surface area contributed by atoms with Crippen LogP contribution in [0.1, 0.15) is 24.2 Å². The smallest absolute Gasteiger partial charge is 0.322 e. The quantitative estimate of drug-likeness (QED) is 0.628. The fourth-order valence-electron chi connectivity index (χ4n) is 2.29. The highest BCUT2D eigenvalue weighted by atomic mass is 35.5. The SMILES string of the molecule is CC(C)S(=O)(=O)c1ccc(-c2nnc(NC(=O)c3cc(Cl)ccc3Cl)o2)cc1. The molecular formula is C18H15Cl2N3O4S. The molecule has 3 rings (SSSR count). The van der Waals surface area contributed by atoms with Gasteiger partial charge in [-0.05, 0) is 56.3 Å². The van der Waals surface area contributed by atoms with Crippen LogP contribution in [-0.4, -0.2) is 29.8 Å². The first-order valence-corrected chi connectivity index (χ1v) is 10.4. The first kappa shape index (κ1) is 20.3. The first-order chi connectivity index (χ1) is 13.2. The van der Waals surface area contributed by atoms with Crippen LogP contribution in [0.2, 0.25) is 10.0 Å². The van der Waals surface area contributed by atoms with Gasteiger partial charge in [-0.3, -0.25) is 10.1 Å². The van der Waals surface area contributed by atoms with Gasteiger partial charge in [-0.25, -0.2) is 8.42 Å². The van der Waals surface area contributed by atoms with E-state index in [4.69, 9.17) is 27.6 Å². The number of halogens is 2. The number of carbonyl (C=O) groups excluding carboxylic acids is 1. The third kappa shape index (κ3) is 4.19. The van der Waals surface area contributed by atoms with E-state index in [2.05, 4.69) is 15.5 Å². The van der Waals surface area contributed by atoms with Crippen molar-refractivity contribution in [3.8, 4) is 11.5 Å². The Morgan fingerprint density at radius 1 is 1.07 bits per heavy atom. The minimum Gasteiger partial charge on any atom is -0.403 e. The number of hydrogen-bond donors (Lipinski definition) is 1. The first-order valence-electron chi connectivity index (χ1n) is 8.12. The van der Waals surface area contributed by atoms with Crippen molar-refractivity contribution < 1.29 is 17.6 Å². The number of amides is 1. The molecule has 2 aromatic carbocycles. The number of sulfone groups is 1. The standard InChI is InChI=1S/C18H15Cl2N3O4S/c1-10(2)28(25,26)13-6-3-11(4-7-13)17-22-23-18(27-17)21-16(24)14-9-12(19)5-8-15(14)20/h3-10H,1-2H3,(H,21,23,24). The van der Waals surface area contributed by atoms with Crippen molar-refractivity contribution >= 4 is 45.0 Å². The summed E-state index contributed by atoms with van der Waals surface area (Å²) in [5.74, 6) is -0.429.